The Balaban J connectivity index is 1.74. The van der Waals surface area contributed by atoms with Crippen molar-refractivity contribution in [1.82, 2.24) is 3.82 Å². The molecule has 1 aromatic carbocycles. The summed E-state index contributed by atoms with van der Waals surface area (Å²) in [5.74, 6) is 1.78. The predicted octanol–water partition coefficient (Wildman–Crippen LogP) is 4.21. The van der Waals surface area contributed by atoms with Crippen LogP contribution in [0.1, 0.15) is 38.7 Å². The van der Waals surface area contributed by atoms with Crippen molar-refractivity contribution in [3.05, 3.63) is 29.8 Å². The van der Waals surface area contributed by atoms with Gasteiger partial charge in [0.25, 0.3) is 10.0 Å². The first-order chi connectivity index (χ1) is 10.2. The summed E-state index contributed by atoms with van der Waals surface area (Å²) in [6, 6.07) is 6.87. The molecule has 4 rings (SSSR count). The van der Waals surface area contributed by atoms with E-state index in [9.17, 15) is 8.42 Å². The second-order valence-electron chi connectivity index (χ2n) is 7.49. The van der Waals surface area contributed by atoms with Crippen LogP contribution in [0.25, 0.3) is 0 Å². The fourth-order valence-corrected chi connectivity index (χ4v) is 5.80. The molecule has 0 aromatic heterocycles. The van der Waals surface area contributed by atoms with Crippen molar-refractivity contribution in [2.75, 3.05) is 6.54 Å². The second kappa shape index (κ2) is 5.50. The van der Waals surface area contributed by atoms with Crippen molar-refractivity contribution in [3.63, 3.8) is 0 Å². The molecule has 1 aromatic rings. The third-order valence-electron chi connectivity index (χ3n) is 5.96. The van der Waals surface area contributed by atoms with E-state index in [2.05, 4.69) is 13.8 Å². The molecule has 5 heteroatoms. The van der Waals surface area contributed by atoms with Gasteiger partial charge in [-0.3, -0.25) is 0 Å². The number of halogens is 1. The zero-order valence-electron chi connectivity index (χ0n) is 13.4. The Morgan fingerprint density at radius 1 is 1.23 bits per heavy atom. The Morgan fingerprint density at radius 2 is 1.86 bits per heavy atom. The van der Waals surface area contributed by atoms with Gasteiger partial charge in [0.15, 0.2) is 0 Å². The Hall–Kier alpha value is -0.580. The van der Waals surface area contributed by atoms with Crippen LogP contribution >= 0.6 is 11.8 Å². The molecule has 0 heterocycles. The van der Waals surface area contributed by atoms with Gasteiger partial charge in [-0.15, -0.1) is 3.82 Å². The zero-order valence-corrected chi connectivity index (χ0v) is 15.0. The molecule has 22 heavy (non-hydrogen) atoms. The summed E-state index contributed by atoms with van der Waals surface area (Å²) < 4.78 is 26.2. The van der Waals surface area contributed by atoms with Crippen molar-refractivity contribution >= 4 is 21.8 Å². The van der Waals surface area contributed by atoms with E-state index in [1.165, 1.54) is 12.8 Å². The molecule has 3 unspecified atom stereocenters. The van der Waals surface area contributed by atoms with Crippen molar-refractivity contribution in [2.45, 2.75) is 44.9 Å². The quantitative estimate of drug-likeness (QED) is 0.769. The number of benzene rings is 1. The maximum atomic E-state index is 12.6. The van der Waals surface area contributed by atoms with Crippen molar-refractivity contribution in [2.24, 2.45) is 23.2 Å². The van der Waals surface area contributed by atoms with Gasteiger partial charge in [0, 0.05) is 6.54 Å². The van der Waals surface area contributed by atoms with Gasteiger partial charge in [0.1, 0.15) is 0 Å². The van der Waals surface area contributed by atoms with Crippen LogP contribution in [-0.4, -0.2) is 18.8 Å². The van der Waals surface area contributed by atoms with Crippen LogP contribution in [0.2, 0.25) is 0 Å². The lowest BCUT2D eigenvalue weighted by Gasteiger charge is -2.60. The van der Waals surface area contributed by atoms with Crippen LogP contribution in [-0.2, 0) is 10.0 Å². The number of sulfonamides is 1. The maximum absolute atomic E-state index is 12.6. The molecule has 2 bridgehead atoms. The molecule has 0 radical (unpaired) electrons. The summed E-state index contributed by atoms with van der Waals surface area (Å²) in [5.41, 5.74) is 1.38. The highest BCUT2D eigenvalue weighted by Gasteiger charge is 2.54. The minimum Gasteiger partial charge on any atom is -0.206 e. The van der Waals surface area contributed by atoms with Gasteiger partial charge in [0.2, 0.25) is 0 Å². The summed E-state index contributed by atoms with van der Waals surface area (Å²) in [5, 5.41) is 0. The van der Waals surface area contributed by atoms with Crippen LogP contribution in [0.15, 0.2) is 29.2 Å². The molecule has 0 amide bonds. The Labute approximate surface area is 138 Å². The van der Waals surface area contributed by atoms with E-state index < -0.39 is 10.0 Å². The minimum atomic E-state index is -3.60. The lowest BCUT2D eigenvalue weighted by atomic mass is 9.45. The predicted molar refractivity (Wildman–Crippen MR) is 89.0 cm³/mol. The molecule has 0 N–H and O–H groups in total. The summed E-state index contributed by atoms with van der Waals surface area (Å²) >= 11 is 6.20. The van der Waals surface area contributed by atoms with E-state index in [1.54, 1.807) is 24.3 Å². The van der Waals surface area contributed by atoms with Gasteiger partial charge in [-0.1, -0.05) is 31.5 Å². The number of hydrogen-bond donors (Lipinski definition) is 0. The lowest BCUT2D eigenvalue weighted by molar-refractivity contribution is -0.105. The molecule has 3 saturated carbocycles. The third kappa shape index (κ3) is 2.59. The zero-order chi connectivity index (χ0) is 16.1. The molecular formula is C17H24ClNO2S. The average molecular weight is 342 g/mol. The van der Waals surface area contributed by atoms with Crippen LogP contribution in [0.3, 0.4) is 0 Å². The van der Waals surface area contributed by atoms with Gasteiger partial charge in [-0.2, -0.15) is 0 Å². The molecule has 3 aliphatic carbocycles. The average Bonchev–Trinajstić information content (AvgIpc) is 2.47. The fourth-order valence-electron chi connectivity index (χ4n) is 4.29. The van der Waals surface area contributed by atoms with E-state index in [4.69, 9.17) is 11.8 Å². The van der Waals surface area contributed by atoms with Crippen LogP contribution < -0.4 is 0 Å². The Bertz CT molecular complexity index is 652. The van der Waals surface area contributed by atoms with Gasteiger partial charge >= 0.3 is 0 Å². The Kier molecular flexibility index (Phi) is 4.07. The highest BCUT2D eigenvalue weighted by Crippen LogP contribution is 2.61. The summed E-state index contributed by atoms with van der Waals surface area (Å²) in [7, 11) is -3.60. The lowest BCUT2D eigenvalue weighted by Crippen LogP contribution is -2.54. The minimum absolute atomic E-state index is 0.273. The normalized spacial score (nSPS) is 30.1. The van der Waals surface area contributed by atoms with Gasteiger partial charge in [0.05, 0.1) is 4.90 Å². The highest BCUT2D eigenvalue weighted by atomic mass is 35.5. The highest BCUT2D eigenvalue weighted by molar-refractivity contribution is 7.90. The van der Waals surface area contributed by atoms with E-state index in [-0.39, 0.29) is 4.90 Å². The Morgan fingerprint density at radius 3 is 2.41 bits per heavy atom. The van der Waals surface area contributed by atoms with E-state index in [0.29, 0.717) is 23.8 Å². The maximum Gasteiger partial charge on any atom is 0.256 e. The SMILES string of the molecule is Cc1ccc(S(=O)(=O)N(Cl)CC2CCC3CC2C3(C)C)cc1. The fraction of sp³-hybridized carbons (Fsp3) is 0.647. The molecule has 3 fully saturated rings. The molecule has 3 aliphatic rings. The first kappa shape index (κ1) is 16.3. The largest absolute Gasteiger partial charge is 0.256 e. The third-order valence-corrected chi connectivity index (χ3v) is 8.18. The van der Waals surface area contributed by atoms with Gasteiger partial charge < -0.3 is 0 Å². The first-order valence-corrected chi connectivity index (χ1v) is 9.76. The van der Waals surface area contributed by atoms with Gasteiger partial charge in [-0.25, -0.2) is 8.42 Å². The van der Waals surface area contributed by atoms with E-state index in [0.717, 1.165) is 21.7 Å². The van der Waals surface area contributed by atoms with Crippen molar-refractivity contribution in [3.8, 4) is 0 Å². The second-order valence-corrected chi connectivity index (χ2v) is 9.96. The number of rotatable bonds is 4. The first-order valence-electron chi connectivity index (χ1n) is 7.98. The monoisotopic (exact) mass is 341 g/mol. The molecule has 0 aliphatic heterocycles. The van der Waals surface area contributed by atoms with Crippen LogP contribution in [0, 0.1) is 30.1 Å². The van der Waals surface area contributed by atoms with E-state index >= 15 is 0 Å². The summed E-state index contributed by atoms with van der Waals surface area (Å²) in [6.45, 7) is 6.97. The molecule has 0 spiro atoms. The topological polar surface area (TPSA) is 37.4 Å². The van der Waals surface area contributed by atoms with Crippen LogP contribution in [0.4, 0.5) is 0 Å². The number of nitrogens with zero attached hydrogens (tertiary/aromatic N) is 1. The number of aryl methyl sites for hydroxylation is 1. The van der Waals surface area contributed by atoms with Crippen molar-refractivity contribution in [1.29, 1.82) is 0 Å². The van der Waals surface area contributed by atoms with E-state index in [1.807, 2.05) is 6.92 Å². The summed E-state index contributed by atoms with van der Waals surface area (Å²) in [6.07, 6.45) is 3.52. The van der Waals surface area contributed by atoms with Crippen molar-refractivity contribution < 1.29 is 8.42 Å². The molecule has 0 saturated heterocycles. The van der Waals surface area contributed by atoms with Gasteiger partial charge in [-0.05, 0) is 73.3 Å². The standard InChI is InChI=1S/C17H24ClNO2S/c1-12-4-8-15(9-5-12)22(20,21)19(18)11-13-6-7-14-10-16(13)17(14,2)3/h4-5,8-9,13-14,16H,6-7,10-11H2,1-3H3. The number of hydrogen-bond acceptors (Lipinski definition) is 2. The summed E-state index contributed by atoms with van der Waals surface area (Å²) in [4.78, 5) is 0.273. The molecule has 122 valence electrons. The van der Waals surface area contributed by atoms with Crippen LogP contribution in [0.5, 0.6) is 0 Å². The molecular weight excluding hydrogens is 318 g/mol. The smallest absolute Gasteiger partial charge is 0.206 e. The molecule has 3 atom stereocenters. The number of fused-ring (bicyclic) bond motifs is 2. The molecule has 3 nitrogen and oxygen atoms in total.